The maximum atomic E-state index is 13.1. The average Bonchev–Trinajstić information content (AvgIpc) is 2.17. The molecular weight excluding hydrogens is 159 g/mol. The lowest BCUT2D eigenvalue weighted by atomic mass is 10.1. The molecule has 0 amide bonds. The van der Waals surface area contributed by atoms with Gasteiger partial charge in [-0.2, -0.15) is 0 Å². The van der Waals surface area contributed by atoms with Crippen LogP contribution in [0.3, 0.4) is 0 Å². The van der Waals surface area contributed by atoms with Crippen molar-refractivity contribution in [2.45, 2.75) is 33.6 Å². The van der Waals surface area contributed by atoms with Crippen LogP contribution in [-0.2, 0) is 0 Å². The molecular formula is C9H13FS. The molecule has 0 radical (unpaired) electrons. The van der Waals surface area contributed by atoms with E-state index in [0.29, 0.717) is 5.92 Å². The maximum Gasteiger partial charge on any atom is 0.139 e. The monoisotopic (exact) mass is 172 g/mol. The highest BCUT2D eigenvalue weighted by molar-refractivity contribution is 7.12. The minimum atomic E-state index is -0.0151. The molecule has 0 aliphatic carbocycles. The van der Waals surface area contributed by atoms with Crippen molar-refractivity contribution < 1.29 is 4.39 Å². The molecule has 1 aromatic heterocycles. The minimum Gasteiger partial charge on any atom is -0.205 e. The number of aryl methyl sites for hydroxylation is 1. The Hall–Kier alpha value is -0.370. The summed E-state index contributed by atoms with van der Waals surface area (Å²) in [7, 11) is 0. The van der Waals surface area contributed by atoms with Crippen LogP contribution in [0.15, 0.2) is 0 Å². The second-order valence-corrected chi connectivity index (χ2v) is 4.37. The molecule has 0 nitrogen and oxygen atoms in total. The Kier molecular flexibility index (Phi) is 2.33. The van der Waals surface area contributed by atoms with Crippen LogP contribution in [0, 0.1) is 19.7 Å². The quantitative estimate of drug-likeness (QED) is 0.607. The fourth-order valence-electron chi connectivity index (χ4n) is 1.21. The van der Waals surface area contributed by atoms with Gasteiger partial charge in [-0.25, -0.2) is 4.39 Å². The molecule has 0 N–H and O–H groups in total. The summed E-state index contributed by atoms with van der Waals surface area (Å²) in [5.41, 5.74) is 0.836. The van der Waals surface area contributed by atoms with Crippen LogP contribution in [-0.4, -0.2) is 0 Å². The van der Waals surface area contributed by atoms with Crippen LogP contribution in [0.2, 0.25) is 0 Å². The molecule has 0 bridgehead atoms. The van der Waals surface area contributed by atoms with Gasteiger partial charge in [0.25, 0.3) is 0 Å². The van der Waals surface area contributed by atoms with Crippen molar-refractivity contribution in [3.63, 3.8) is 0 Å². The number of thiophene rings is 1. The van der Waals surface area contributed by atoms with E-state index in [-0.39, 0.29) is 5.82 Å². The van der Waals surface area contributed by atoms with Gasteiger partial charge >= 0.3 is 0 Å². The van der Waals surface area contributed by atoms with Gasteiger partial charge in [0.15, 0.2) is 0 Å². The number of hydrogen-bond donors (Lipinski definition) is 0. The van der Waals surface area contributed by atoms with Crippen molar-refractivity contribution in [2.75, 3.05) is 0 Å². The van der Waals surface area contributed by atoms with E-state index in [1.165, 1.54) is 4.88 Å². The lowest BCUT2D eigenvalue weighted by Crippen LogP contribution is -1.85. The Morgan fingerprint density at radius 3 is 2.00 bits per heavy atom. The van der Waals surface area contributed by atoms with Gasteiger partial charge in [-0.1, -0.05) is 13.8 Å². The van der Waals surface area contributed by atoms with Crippen LogP contribution in [0.4, 0.5) is 4.39 Å². The summed E-state index contributed by atoms with van der Waals surface area (Å²) in [6.45, 7) is 7.88. The molecule has 0 unspecified atom stereocenters. The zero-order valence-corrected chi connectivity index (χ0v) is 8.18. The van der Waals surface area contributed by atoms with Crippen molar-refractivity contribution in [3.8, 4) is 0 Å². The van der Waals surface area contributed by atoms with E-state index < -0.39 is 0 Å². The molecule has 2 heteroatoms. The predicted molar refractivity (Wildman–Crippen MR) is 47.8 cm³/mol. The van der Waals surface area contributed by atoms with Crippen molar-refractivity contribution in [1.29, 1.82) is 0 Å². The molecule has 0 aliphatic heterocycles. The molecule has 1 rings (SSSR count). The van der Waals surface area contributed by atoms with Gasteiger partial charge < -0.3 is 0 Å². The Morgan fingerprint density at radius 2 is 1.82 bits per heavy atom. The van der Waals surface area contributed by atoms with Crippen molar-refractivity contribution in [3.05, 3.63) is 21.1 Å². The molecule has 0 atom stereocenters. The first-order valence-corrected chi connectivity index (χ1v) is 4.61. The van der Waals surface area contributed by atoms with E-state index >= 15 is 0 Å². The number of hydrogen-bond acceptors (Lipinski definition) is 1. The molecule has 0 aliphatic rings. The molecule has 0 aromatic carbocycles. The van der Waals surface area contributed by atoms with Crippen LogP contribution in [0.1, 0.15) is 35.1 Å². The van der Waals surface area contributed by atoms with E-state index in [4.69, 9.17) is 0 Å². The van der Waals surface area contributed by atoms with Gasteiger partial charge in [0.1, 0.15) is 5.82 Å². The predicted octanol–water partition coefficient (Wildman–Crippen LogP) is 3.63. The first-order chi connectivity index (χ1) is 5.04. The molecule has 0 spiro atoms. The molecule has 62 valence electrons. The number of rotatable bonds is 1. The van der Waals surface area contributed by atoms with Gasteiger partial charge in [-0.3, -0.25) is 0 Å². The fourth-order valence-corrected chi connectivity index (χ4v) is 2.26. The minimum absolute atomic E-state index is 0.0151. The van der Waals surface area contributed by atoms with E-state index in [9.17, 15) is 4.39 Å². The summed E-state index contributed by atoms with van der Waals surface area (Å²) in [4.78, 5) is 1.99. The first-order valence-electron chi connectivity index (χ1n) is 3.79. The van der Waals surface area contributed by atoms with Crippen LogP contribution in [0.25, 0.3) is 0 Å². The van der Waals surface area contributed by atoms with Crippen LogP contribution < -0.4 is 0 Å². The Bertz CT molecular complexity index is 261. The SMILES string of the molecule is Cc1sc(C(C)C)c(C)c1F. The summed E-state index contributed by atoms with van der Waals surface area (Å²) in [6, 6.07) is 0. The molecule has 1 heterocycles. The van der Waals surface area contributed by atoms with Crippen molar-refractivity contribution in [2.24, 2.45) is 0 Å². The van der Waals surface area contributed by atoms with E-state index in [1.54, 1.807) is 11.3 Å². The summed E-state index contributed by atoms with van der Waals surface area (Å²) >= 11 is 1.57. The normalized spacial score (nSPS) is 11.1. The van der Waals surface area contributed by atoms with Gasteiger partial charge in [-0.05, 0) is 25.3 Å². The summed E-state index contributed by atoms with van der Waals surface area (Å²) in [5, 5.41) is 0. The van der Waals surface area contributed by atoms with E-state index in [2.05, 4.69) is 13.8 Å². The van der Waals surface area contributed by atoms with Gasteiger partial charge in [0, 0.05) is 9.75 Å². The number of halogens is 1. The fraction of sp³-hybridized carbons (Fsp3) is 0.556. The van der Waals surface area contributed by atoms with E-state index in [0.717, 1.165) is 10.4 Å². The first kappa shape index (κ1) is 8.72. The molecule has 0 fully saturated rings. The highest BCUT2D eigenvalue weighted by atomic mass is 32.1. The second-order valence-electron chi connectivity index (χ2n) is 3.12. The average molecular weight is 172 g/mol. The Balaban J connectivity index is 3.19. The third-order valence-electron chi connectivity index (χ3n) is 1.80. The molecule has 0 saturated heterocycles. The molecule has 11 heavy (non-hydrogen) atoms. The molecule has 0 saturated carbocycles. The largest absolute Gasteiger partial charge is 0.205 e. The van der Waals surface area contributed by atoms with Gasteiger partial charge in [-0.15, -0.1) is 11.3 Å². The zero-order valence-electron chi connectivity index (χ0n) is 7.36. The van der Waals surface area contributed by atoms with Gasteiger partial charge in [0.05, 0.1) is 0 Å². The summed E-state index contributed by atoms with van der Waals surface area (Å²) in [5.74, 6) is 0.432. The molecule has 1 aromatic rings. The Morgan fingerprint density at radius 1 is 1.27 bits per heavy atom. The lowest BCUT2D eigenvalue weighted by molar-refractivity contribution is 0.614. The highest BCUT2D eigenvalue weighted by Gasteiger charge is 2.13. The van der Waals surface area contributed by atoms with Gasteiger partial charge in [0.2, 0.25) is 0 Å². The Labute approximate surface area is 71.1 Å². The van der Waals surface area contributed by atoms with E-state index in [1.807, 2.05) is 13.8 Å². The van der Waals surface area contributed by atoms with Crippen molar-refractivity contribution in [1.82, 2.24) is 0 Å². The standard InChI is InChI=1S/C9H13FS/c1-5(2)9-6(3)8(10)7(4)11-9/h5H,1-4H3. The maximum absolute atomic E-state index is 13.1. The van der Waals surface area contributed by atoms with Crippen molar-refractivity contribution >= 4 is 11.3 Å². The third-order valence-corrected chi connectivity index (χ3v) is 3.28. The summed E-state index contributed by atoms with van der Waals surface area (Å²) < 4.78 is 13.1. The smallest absolute Gasteiger partial charge is 0.139 e. The van der Waals surface area contributed by atoms with Crippen LogP contribution >= 0.6 is 11.3 Å². The zero-order chi connectivity index (χ0) is 8.59. The third kappa shape index (κ3) is 1.45. The van der Waals surface area contributed by atoms with Crippen LogP contribution in [0.5, 0.6) is 0 Å². The lowest BCUT2D eigenvalue weighted by Gasteiger charge is -2.00. The summed E-state index contributed by atoms with van der Waals surface area (Å²) in [6.07, 6.45) is 0. The second kappa shape index (κ2) is 2.94. The topological polar surface area (TPSA) is 0 Å². The highest BCUT2D eigenvalue weighted by Crippen LogP contribution is 2.31.